The van der Waals surface area contributed by atoms with Crippen LogP contribution in [0.1, 0.15) is 16.7 Å². The topological polar surface area (TPSA) is 41.5 Å². The van der Waals surface area contributed by atoms with E-state index >= 15 is 0 Å². The fraction of sp³-hybridized carbons (Fsp3) is 0.250. The van der Waals surface area contributed by atoms with E-state index < -0.39 is 0 Å². The maximum Gasteiger partial charge on any atom is 0.165 e. The number of aromatic hydroxyl groups is 1. The highest BCUT2D eigenvalue weighted by molar-refractivity contribution is 5.50. The molecule has 0 aliphatic carbocycles. The first-order valence-electron chi connectivity index (χ1n) is 6.37. The van der Waals surface area contributed by atoms with E-state index in [1.165, 1.54) is 13.2 Å². The van der Waals surface area contributed by atoms with Crippen LogP contribution in [0.4, 0.5) is 10.1 Å². The lowest BCUT2D eigenvalue weighted by atomic mass is 10.1. The number of rotatable bonds is 4. The summed E-state index contributed by atoms with van der Waals surface area (Å²) >= 11 is 0. The first-order chi connectivity index (χ1) is 9.51. The molecule has 3 nitrogen and oxygen atoms in total. The fourth-order valence-corrected chi connectivity index (χ4v) is 2.12. The zero-order chi connectivity index (χ0) is 14.7. The molecule has 2 rings (SSSR count). The summed E-state index contributed by atoms with van der Waals surface area (Å²) in [7, 11) is 1.44. The molecule has 106 valence electrons. The van der Waals surface area contributed by atoms with Gasteiger partial charge in [0.05, 0.1) is 7.11 Å². The lowest BCUT2D eigenvalue weighted by Crippen LogP contribution is -2.01. The molecule has 0 aliphatic heterocycles. The Hall–Kier alpha value is -2.23. The van der Waals surface area contributed by atoms with Gasteiger partial charge in [0.25, 0.3) is 0 Å². The fourth-order valence-electron chi connectivity index (χ4n) is 2.12. The van der Waals surface area contributed by atoms with Gasteiger partial charge in [0.2, 0.25) is 0 Å². The van der Waals surface area contributed by atoms with Crippen LogP contribution in [0.2, 0.25) is 0 Å². The van der Waals surface area contributed by atoms with E-state index in [2.05, 4.69) is 5.32 Å². The average Bonchev–Trinajstić information content (AvgIpc) is 2.43. The molecule has 2 aromatic rings. The Labute approximate surface area is 118 Å². The van der Waals surface area contributed by atoms with Gasteiger partial charge in [-0.3, -0.25) is 0 Å². The van der Waals surface area contributed by atoms with Crippen LogP contribution in [0.25, 0.3) is 0 Å². The third kappa shape index (κ3) is 3.02. The van der Waals surface area contributed by atoms with Crippen LogP contribution in [0.3, 0.4) is 0 Å². The van der Waals surface area contributed by atoms with Gasteiger partial charge in [-0.25, -0.2) is 4.39 Å². The SMILES string of the molecule is COc1cc(NCc2cc(C)c(O)c(C)c2)ccc1F. The van der Waals surface area contributed by atoms with Crippen LogP contribution in [0.15, 0.2) is 30.3 Å². The Morgan fingerprint density at radius 3 is 2.40 bits per heavy atom. The molecule has 0 spiro atoms. The zero-order valence-corrected chi connectivity index (χ0v) is 11.8. The minimum atomic E-state index is -0.380. The van der Waals surface area contributed by atoms with Crippen LogP contribution in [0.5, 0.6) is 11.5 Å². The lowest BCUT2D eigenvalue weighted by molar-refractivity contribution is 0.387. The second kappa shape index (κ2) is 5.82. The molecule has 0 radical (unpaired) electrons. The van der Waals surface area contributed by atoms with E-state index in [9.17, 15) is 9.50 Å². The highest BCUT2D eigenvalue weighted by atomic mass is 19.1. The van der Waals surface area contributed by atoms with E-state index in [0.29, 0.717) is 12.3 Å². The van der Waals surface area contributed by atoms with Crippen molar-refractivity contribution >= 4 is 5.69 Å². The van der Waals surface area contributed by atoms with Crippen molar-refractivity contribution in [1.29, 1.82) is 0 Å². The maximum atomic E-state index is 13.3. The highest BCUT2D eigenvalue weighted by Crippen LogP contribution is 2.25. The van der Waals surface area contributed by atoms with Gasteiger partial charge in [-0.05, 0) is 42.7 Å². The van der Waals surface area contributed by atoms with Gasteiger partial charge in [0.1, 0.15) is 5.75 Å². The van der Waals surface area contributed by atoms with Gasteiger partial charge in [0, 0.05) is 18.3 Å². The zero-order valence-electron chi connectivity index (χ0n) is 11.8. The normalized spacial score (nSPS) is 10.4. The molecule has 0 saturated heterocycles. The predicted octanol–water partition coefficient (Wildman–Crippen LogP) is 3.77. The summed E-state index contributed by atoms with van der Waals surface area (Å²) in [6, 6.07) is 8.51. The predicted molar refractivity (Wildman–Crippen MR) is 77.9 cm³/mol. The summed E-state index contributed by atoms with van der Waals surface area (Å²) in [4.78, 5) is 0. The Morgan fingerprint density at radius 2 is 1.80 bits per heavy atom. The number of benzene rings is 2. The Bertz CT molecular complexity index is 603. The van der Waals surface area contributed by atoms with Crippen LogP contribution in [-0.2, 0) is 6.54 Å². The summed E-state index contributed by atoms with van der Waals surface area (Å²) in [5.41, 5.74) is 3.53. The second-order valence-electron chi connectivity index (χ2n) is 4.78. The van der Waals surface area contributed by atoms with Crippen molar-refractivity contribution in [3.8, 4) is 11.5 Å². The molecule has 0 bridgehead atoms. The number of halogens is 1. The van der Waals surface area contributed by atoms with Crippen molar-refractivity contribution in [1.82, 2.24) is 0 Å². The average molecular weight is 275 g/mol. The van der Waals surface area contributed by atoms with Gasteiger partial charge in [-0.1, -0.05) is 12.1 Å². The van der Waals surface area contributed by atoms with Crippen LogP contribution in [0, 0.1) is 19.7 Å². The van der Waals surface area contributed by atoms with Crippen LogP contribution < -0.4 is 10.1 Å². The van der Waals surface area contributed by atoms with Gasteiger partial charge in [0.15, 0.2) is 11.6 Å². The number of anilines is 1. The Kier molecular flexibility index (Phi) is 4.13. The largest absolute Gasteiger partial charge is 0.507 e. The second-order valence-corrected chi connectivity index (χ2v) is 4.78. The molecule has 2 N–H and O–H groups in total. The molecule has 4 heteroatoms. The van der Waals surface area contributed by atoms with Crippen molar-refractivity contribution in [2.24, 2.45) is 0 Å². The number of hydrogen-bond acceptors (Lipinski definition) is 3. The van der Waals surface area contributed by atoms with E-state index in [1.807, 2.05) is 26.0 Å². The third-order valence-corrected chi connectivity index (χ3v) is 3.20. The molecule has 0 fully saturated rings. The van der Waals surface area contributed by atoms with Crippen molar-refractivity contribution < 1.29 is 14.2 Å². The first-order valence-corrected chi connectivity index (χ1v) is 6.37. The van der Waals surface area contributed by atoms with Crippen molar-refractivity contribution in [2.45, 2.75) is 20.4 Å². The van der Waals surface area contributed by atoms with Gasteiger partial charge in [-0.15, -0.1) is 0 Å². The van der Waals surface area contributed by atoms with Crippen LogP contribution in [-0.4, -0.2) is 12.2 Å². The van der Waals surface area contributed by atoms with E-state index in [-0.39, 0.29) is 11.6 Å². The van der Waals surface area contributed by atoms with E-state index in [1.54, 1.807) is 12.1 Å². The summed E-state index contributed by atoms with van der Waals surface area (Å²) < 4.78 is 18.2. The standard InChI is InChI=1S/C16H18FNO2/c1-10-6-12(7-11(2)16(10)19)9-18-13-4-5-14(17)15(8-13)20-3/h4-8,18-19H,9H2,1-3H3. The highest BCUT2D eigenvalue weighted by Gasteiger charge is 2.05. The molecule has 0 amide bonds. The van der Waals surface area contributed by atoms with Crippen molar-refractivity contribution in [3.63, 3.8) is 0 Å². The molecule has 0 aliphatic rings. The molecule has 0 heterocycles. The van der Waals surface area contributed by atoms with Gasteiger partial charge < -0.3 is 15.2 Å². The number of methoxy groups -OCH3 is 1. The Morgan fingerprint density at radius 1 is 1.15 bits per heavy atom. The smallest absolute Gasteiger partial charge is 0.165 e. The van der Waals surface area contributed by atoms with E-state index in [4.69, 9.17) is 4.74 Å². The third-order valence-electron chi connectivity index (χ3n) is 3.20. The van der Waals surface area contributed by atoms with E-state index in [0.717, 1.165) is 22.4 Å². The first kappa shape index (κ1) is 14.2. The molecule has 20 heavy (non-hydrogen) atoms. The molecular formula is C16H18FNO2. The minimum Gasteiger partial charge on any atom is -0.507 e. The van der Waals surface area contributed by atoms with Gasteiger partial charge in [-0.2, -0.15) is 0 Å². The number of ether oxygens (including phenoxy) is 1. The molecule has 0 aromatic heterocycles. The molecule has 0 atom stereocenters. The number of phenols is 1. The number of phenolic OH excluding ortho intramolecular Hbond substituents is 1. The number of aryl methyl sites for hydroxylation is 2. The summed E-state index contributed by atoms with van der Waals surface area (Å²) in [5, 5.41) is 12.9. The quantitative estimate of drug-likeness (QED) is 0.892. The molecule has 0 saturated carbocycles. The molecule has 0 unspecified atom stereocenters. The monoisotopic (exact) mass is 275 g/mol. The minimum absolute atomic E-state index is 0.216. The van der Waals surface area contributed by atoms with Crippen molar-refractivity contribution in [3.05, 3.63) is 52.8 Å². The Balaban J connectivity index is 2.13. The molecule has 2 aromatic carbocycles. The van der Waals surface area contributed by atoms with Crippen LogP contribution >= 0.6 is 0 Å². The van der Waals surface area contributed by atoms with Crippen molar-refractivity contribution in [2.75, 3.05) is 12.4 Å². The summed E-state index contributed by atoms with van der Waals surface area (Å²) in [6.45, 7) is 4.33. The lowest BCUT2D eigenvalue weighted by Gasteiger charge is -2.11. The number of nitrogens with one attached hydrogen (secondary N) is 1. The summed E-state index contributed by atoms with van der Waals surface area (Å²) in [6.07, 6.45) is 0. The summed E-state index contributed by atoms with van der Waals surface area (Å²) in [5.74, 6) is 0.166. The maximum absolute atomic E-state index is 13.3. The number of hydrogen-bond donors (Lipinski definition) is 2. The van der Waals surface area contributed by atoms with Gasteiger partial charge >= 0.3 is 0 Å². The molecular weight excluding hydrogens is 257 g/mol.